The van der Waals surface area contributed by atoms with Crippen molar-refractivity contribution in [2.24, 2.45) is 0 Å². The predicted molar refractivity (Wildman–Crippen MR) is 103 cm³/mol. The molecule has 1 amide bonds. The number of anilines is 1. The van der Waals surface area contributed by atoms with Gasteiger partial charge in [0.2, 0.25) is 10.0 Å². The Labute approximate surface area is 162 Å². The normalized spacial score (nSPS) is 21.8. The Bertz CT molecular complexity index is 1130. The van der Waals surface area contributed by atoms with E-state index in [0.717, 1.165) is 5.69 Å². The van der Waals surface area contributed by atoms with Crippen LogP contribution in [0.4, 0.5) is 5.82 Å². The lowest BCUT2D eigenvalue weighted by Gasteiger charge is -2.22. The standard InChI is InChI=1S/C18H21N5O4S/c1-12-4-3-5-14(19-12)20-15(24)13-10-22-8-6-18(17(22)21-16(13)25)7-9-23(11-18)28(2,26)27/h3-5,10H,6-9,11H2,1-2H3,(H,19,20,24)/t18-/m0/s1. The Morgan fingerprint density at radius 2 is 1.96 bits per heavy atom. The molecule has 2 aromatic heterocycles. The van der Waals surface area contributed by atoms with Gasteiger partial charge in [-0.1, -0.05) is 6.07 Å². The van der Waals surface area contributed by atoms with Crippen LogP contribution in [0.15, 0.2) is 29.2 Å². The number of nitrogens with zero attached hydrogens (tertiary/aromatic N) is 4. The number of hydrogen-bond donors (Lipinski definition) is 1. The first-order valence-corrected chi connectivity index (χ1v) is 10.8. The second-order valence-electron chi connectivity index (χ2n) is 7.47. The van der Waals surface area contributed by atoms with E-state index in [0.29, 0.717) is 44.1 Å². The second-order valence-corrected chi connectivity index (χ2v) is 9.45. The van der Waals surface area contributed by atoms with Gasteiger partial charge in [-0.05, 0) is 31.9 Å². The van der Waals surface area contributed by atoms with Crippen LogP contribution in [0.1, 0.15) is 34.7 Å². The van der Waals surface area contributed by atoms with Crippen molar-refractivity contribution < 1.29 is 13.2 Å². The zero-order valence-corrected chi connectivity index (χ0v) is 16.5. The monoisotopic (exact) mass is 403 g/mol. The van der Waals surface area contributed by atoms with Crippen molar-refractivity contribution in [3.8, 4) is 0 Å². The zero-order valence-electron chi connectivity index (χ0n) is 15.7. The van der Waals surface area contributed by atoms with Gasteiger partial charge in [0.1, 0.15) is 17.2 Å². The number of fused-ring (bicyclic) bond motifs is 2. The smallest absolute Gasteiger partial charge is 0.285 e. The number of sulfonamides is 1. The van der Waals surface area contributed by atoms with Crippen LogP contribution in [0.3, 0.4) is 0 Å². The molecule has 148 valence electrons. The topological polar surface area (TPSA) is 114 Å². The lowest BCUT2D eigenvalue weighted by atomic mass is 9.85. The molecule has 0 aliphatic carbocycles. The van der Waals surface area contributed by atoms with E-state index in [-0.39, 0.29) is 5.56 Å². The van der Waals surface area contributed by atoms with Crippen molar-refractivity contribution in [2.75, 3.05) is 24.7 Å². The molecule has 1 atom stereocenters. The number of aryl methyl sites for hydroxylation is 2. The summed E-state index contributed by atoms with van der Waals surface area (Å²) >= 11 is 0. The lowest BCUT2D eigenvalue weighted by Crippen LogP contribution is -2.35. The highest BCUT2D eigenvalue weighted by Gasteiger charge is 2.48. The van der Waals surface area contributed by atoms with E-state index in [1.807, 2.05) is 13.0 Å². The highest BCUT2D eigenvalue weighted by atomic mass is 32.2. The summed E-state index contributed by atoms with van der Waals surface area (Å²) in [6, 6.07) is 5.22. The van der Waals surface area contributed by atoms with Gasteiger partial charge in [-0.2, -0.15) is 4.98 Å². The lowest BCUT2D eigenvalue weighted by molar-refractivity contribution is 0.102. The summed E-state index contributed by atoms with van der Waals surface area (Å²) in [5, 5.41) is 2.63. The molecule has 4 heterocycles. The van der Waals surface area contributed by atoms with Gasteiger partial charge in [0.05, 0.1) is 6.26 Å². The molecule has 10 heteroatoms. The van der Waals surface area contributed by atoms with Crippen molar-refractivity contribution >= 4 is 21.7 Å². The maximum absolute atomic E-state index is 12.6. The molecule has 1 spiro atoms. The molecule has 2 aromatic rings. The summed E-state index contributed by atoms with van der Waals surface area (Å²) in [4.78, 5) is 33.5. The van der Waals surface area contributed by atoms with Crippen LogP contribution >= 0.6 is 0 Å². The third-order valence-corrected chi connectivity index (χ3v) is 6.71. The Balaban J connectivity index is 1.63. The fourth-order valence-corrected chi connectivity index (χ4v) is 4.89. The summed E-state index contributed by atoms with van der Waals surface area (Å²) in [5.74, 6) is 0.371. The van der Waals surface area contributed by atoms with Crippen LogP contribution < -0.4 is 10.9 Å². The highest BCUT2D eigenvalue weighted by molar-refractivity contribution is 7.88. The number of carbonyl (C=O) groups is 1. The summed E-state index contributed by atoms with van der Waals surface area (Å²) in [6.45, 7) is 3.12. The molecule has 0 bridgehead atoms. The van der Waals surface area contributed by atoms with Crippen LogP contribution in [0.25, 0.3) is 0 Å². The Morgan fingerprint density at radius 1 is 1.21 bits per heavy atom. The molecule has 1 N–H and O–H groups in total. The van der Waals surface area contributed by atoms with E-state index in [1.54, 1.807) is 16.7 Å². The fraction of sp³-hybridized carbons (Fsp3) is 0.444. The largest absolute Gasteiger partial charge is 0.335 e. The Kier molecular flexibility index (Phi) is 4.35. The minimum absolute atomic E-state index is 0.0536. The van der Waals surface area contributed by atoms with Crippen molar-refractivity contribution in [2.45, 2.75) is 31.7 Å². The van der Waals surface area contributed by atoms with Crippen LogP contribution in [-0.4, -0.2) is 52.5 Å². The van der Waals surface area contributed by atoms with E-state index in [2.05, 4.69) is 15.3 Å². The number of aromatic nitrogens is 3. The van der Waals surface area contributed by atoms with E-state index in [9.17, 15) is 18.0 Å². The summed E-state index contributed by atoms with van der Waals surface area (Å²) in [5.41, 5.74) is -0.382. The minimum Gasteiger partial charge on any atom is -0.335 e. The molecule has 28 heavy (non-hydrogen) atoms. The van der Waals surface area contributed by atoms with E-state index >= 15 is 0 Å². The molecule has 4 rings (SSSR count). The van der Waals surface area contributed by atoms with E-state index in [4.69, 9.17) is 0 Å². The average molecular weight is 403 g/mol. The summed E-state index contributed by atoms with van der Waals surface area (Å²) in [6.07, 6.45) is 4.02. The maximum atomic E-state index is 12.6. The van der Waals surface area contributed by atoms with Crippen LogP contribution in [0.5, 0.6) is 0 Å². The molecule has 2 aliphatic heterocycles. The van der Waals surface area contributed by atoms with E-state index < -0.39 is 26.9 Å². The number of amides is 1. The predicted octanol–water partition coefficient (Wildman–Crippen LogP) is 0.506. The zero-order chi connectivity index (χ0) is 20.1. The quantitative estimate of drug-likeness (QED) is 0.798. The Morgan fingerprint density at radius 3 is 2.64 bits per heavy atom. The first kappa shape index (κ1) is 18.8. The molecule has 1 saturated heterocycles. The summed E-state index contributed by atoms with van der Waals surface area (Å²) < 4.78 is 27.0. The third-order valence-electron chi connectivity index (χ3n) is 5.46. The van der Waals surface area contributed by atoms with Crippen LogP contribution in [-0.2, 0) is 22.0 Å². The first-order valence-electron chi connectivity index (χ1n) is 9.00. The van der Waals surface area contributed by atoms with Crippen molar-refractivity contribution in [3.63, 3.8) is 0 Å². The van der Waals surface area contributed by atoms with E-state index in [1.165, 1.54) is 16.8 Å². The first-order chi connectivity index (χ1) is 13.2. The highest BCUT2D eigenvalue weighted by Crippen LogP contribution is 2.41. The number of rotatable bonds is 3. The number of nitrogens with one attached hydrogen (secondary N) is 1. The van der Waals surface area contributed by atoms with Gasteiger partial charge in [-0.15, -0.1) is 0 Å². The third kappa shape index (κ3) is 3.22. The number of hydrogen-bond acceptors (Lipinski definition) is 6. The molecule has 0 aromatic carbocycles. The van der Waals surface area contributed by atoms with Gasteiger partial charge in [0, 0.05) is 36.9 Å². The number of carbonyl (C=O) groups excluding carboxylic acids is 1. The molecule has 1 fully saturated rings. The molecular weight excluding hydrogens is 382 g/mol. The SMILES string of the molecule is Cc1cccc(NC(=O)c2cn3c(nc2=O)[C@]2(CCN(S(C)(=O)=O)C2)CC3)n1. The maximum Gasteiger partial charge on any atom is 0.285 e. The van der Waals surface area contributed by atoms with Gasteiger partial charge in [-0.3, -0.25) is 9.59 Å². The molecule has 0 radical (unpaired) electrons. The van der Waals surface area contributed by atoms with Crippen LogP contribution in [0, 0.1) is 6.92 Å². The summed E-state index contributed by atoms with van der Waals surface area (Å²) in [7, 11) is -3.29. The van der Waals surface area contributed by atoms with Gasteiger partial charge >= 0.3 is 0 Å². The molecule has 9 nitrogen and oxygen atoms in total. The van der Waals surface area contributed by atoms with Gasteiger partial charge in [0.25, 0.3) is 11.5 Å². The van der Waals surface area contributed by atoms with Gasteiger partial charge < -0.3 is 9.88 Å². The van der Waals surface area contributed by atoms with Crippen molar-refractivity contribution in [1.29, 1.82) is 0 Å². The van der Waals surface area contributed by atoms with Crippen molar-refractivity contribution in [3.05, 3.63) is 51.8 Å². The molecular formula is C18H21N5O4S. The minimum atomic E-state index is -3.29. The molecule has 0 saturated carbocycles. The average Bonchev–Trinajstić information content (AvgIpc) is 3.20. The fourth-order valence-electron chi connectivity index (χ4n) is 3.99. The molecule has 2 aliphatic rings. The second kappa shape index (κ2) is 6.49. The van der Waals surface area contributed by atoms with Crippen molar-refractivity contribution in [1.82, 2.24) is 18.8 Å². The Hall–Kier alpha value is -2.59. The number of pyridine rings is 1. The molecule has 0 unspecified atom stereocenters. The van der Waals surface area contributed by atoms with Gasteiger partial charge in [0.15, 0.2) is 0 Å². The van der Waals surface area contributed by atoms with Gasteiger partial charge in [-0.25, -0.2) is 17.7 Å². The van der Waals surface area contributed by atoms with Crippen LogP contribution in [0.2, 0.25) is 0 Å².